The topological polar surface area (TPSA) is 44.4 Å². The number of benzene rings is 3. The summed E-state index contributed by atoms with van der Waals surface area (Å²) < 4.78 is 0. The Balaban J connectivity index is 1.52. The Morgan fingerprint density at radius 2 is 1.68 bits per heavy atom. The first-order chi connectivity index (χ1) is 12.3. The normalized spacial score (nSPS) is 12.4. The molecule has 1 amide bonds. The Hall–Kier alpha value is -3.27. The average molecular weight is 329 g/mol. The van der Waals surface area contributed by atoms with Crippen molar-refractivity contribution in [1.82, 2.24) is 0 Å². The molecular weight excluding hydrogens is 310 g/mol. The van der Waals surface area contributed by atoms with Gasteiger partial charge in [0.25, 0.3) is 0 Å². The fourth-order valence-corrected chi connectivity index (χ4v) is 3.06. The molecule has 4 heteroatoms. The van der Waals surface area contributed by atoms with E-state index in [1.807, 2.05) is 66.7 Å². The summed E-state index contributed by atoms with van der Waals surface area (Å²) in [5.41, 5.74) is 5.09. The quantitative estimate of drug-likeness (QED) is 0.746. The monoisotopic (exact) mass is 329 g/mol. The van der Waals surface area contributed by atoms with Crippen molar-refractivity contribution in [2.75, 3.05) is 22.2 Å². The fourth-order valence-electron chi connectivity index (χ4n) is 3.06. The molecule has 1 aliphatic heterocycles. The van der Waals surface area contributed by atoms with E-state index < -0.39 is 0 Å². The highest BCUT2D eigenvalue weighted by Gasteiger charge is 2.20. The molecule has 0 unspecified atom stereocenters. The van der Waals surface area contributed by atoms with Gasteiger partial charge in [-0.15, -0.1) is 0 Å². The highest BCUT2D eigenvalue weighted by atomic mass is 16.1. The Kier molecular flexibility index (Phi) is 4.09. The van der Waals surface area contributed by atoms with Crippen LogP contribution in [-0.2, 0) is 11.2 Å². The van der Waals surface area contributed by atoms with Gasteiger partial charge in [0.15, 0.2) is 0 Å². The van der Waals surface area contributed by atoms with Crippen LogP contribution in [0.15, 0.2) is 78.9 Å². The molecule has 0 aromatic heterocycles. The third-order valence-electron chi connectivity index (χ3n) is 4.28. The van der Waals surface area contributed by atoms with Crippen LogP contribution in [0.3, 0.4) is 0 Å². The van der Waals surface area contributed by atoms with Gasteiger partial charge in [0.05, 0.1) is 24.5 Å². The second-order valence-corrected chi connectivity index (χ2v) is 6.04. The first kappa shape index (κ1) is 15.3. The number of anilines is 4. The molecular formula is C21H19N3O. The minimum Gasteiger partial charge on any atom is -0.366 e. The van der Waals surface area contributed by atoms with E-state index in [-0.39, 0.29) is 5.91 Å². The number of nitrogens with zero attached hydrogens (tertiary/aromatic N) is 1. The first-order valence-electron chi connectivity index (χ1n) is 8.34. The van der Waals surface area contributed by atoms with Gasteiger partial charge in [-0.25, -0.2) is 0 Å². The molecule has 0 saturated carbocycles. The van der Waals surface area contributed by atoms with Crippen LogP contribution in [0.25, 0.3) is 0 Å². The van der Waals surface area contributed by atoms with Crippen molar-refractivity contribution in [2.45, 2.75) is 6.42 Å². The molecule has 0 atom stereocenters. The van der Waals surface area contributed by atoms with Gasteiger partial charge in [0.2, 0.25) is 5.91 Å². The molecule has 0 radical (unpaired) electrons. The Morgan fingerprint density at radius 3 is 2.44 bits per heavy atom. The molecule has 124 valence electrons. The minimum atomic E-state index is -0.0108. The molecule has 0 fully saturated rings. The number of hydrogen-bond donors (Lipinski definition) is 2. The van der Waals surface area contributed by atoms with Crippen molar-refractivity contribution in [3.8, 4) is 0 Å². The minimum absolute atomic E-state index is 0.0108. The Bertz CT molecular complexity index is 878. The van der Waals surface area contributed by atoms with Crippen LogP contribution in [0.5, 0.6) is 0 Å². The lowest BCUT2D eigenvalue weighted by molar-refractivity contribution is -0.115. The molecule has 1 aliphatic rings. The maximum atomic E-state index is 12.3. The second kappa shape index (κ2) is 6.69. The van der Waals surface area contributed by atoms with Gasteiger partial charge in [-0.05, 0) is 35.9 Å². The molecule has 2 N–H and O–H groups in total. The van der Waals surface area contributed by atoms with Crippen molar-refractivity contribution < 1.29 is 4.79 Å². The van der Waals surface area contributed by atoms with E-state index in [0.29, 0.717) is 6.42 Å². The van der Waals surface area contributed by atoms with Crippen LogP contribution in [0, 0.1) is 0 Å². The van der Waals surface area contributed by atoms with Gasteiger partial charge < -0.3 is 15.5 Å². The zero-order valence-corrected chi connectivity index (χ0v) is 13.8. The number of nitrogens with one attached hydrogen (secondary N) is 2. The van der Waals surface area contributed by atoms with Gasteiger partial charge >= 0.3 is 0 Å². The lowest BCUT2D eigenvalue weighted by atomic mass is 10.1. The third-order valence-corrected chi connectivity index (χ3v) is 4.28. The maximum absolute atomic E-state index is 12.3. The van der Waals surface area contributed by atoms with Crippen molar-refractivity contribution in [3.05, 3.63) is 84.4 Å². The fraction of sp³-hybridized carbons (Fsp3) is 0.0952. The number of rotatable bonds is 4. The first-order valence-corrected chi connectivity index (χ1v) is 8.34. The number of fused-ring (bicyclic) bond motifs is 1. The Morgan fingerprint density at radius 1 is 0.960 bits per heavy atom. The lowest BCUT2D eigenvalue weighted by Gasteiger charge is -2.18. The molecule has 25 heavy (non-hydrogen) atoms. The van der Waals surface area contributed by atoms with Gasteiger partial charge in [-0.2, -0.15) is 0 Å². The van der Waals surface area contributed by atoms with E-state index >= 15 is 0 Å². The standard InChI is InChI=1S/C21H19N3O/c25-21(13-16-7-3-1-4-8-16)23-17-11-12-19-20(14-17)24(15-22-19)18-9-5-2-6-10-18/h1-12,14,22H,13,15H2,(H,23,25). The van der Waals surface area contributed by atoms with Crippen LogP contribution in [-0.4, -0.2) is 12.6 Å². The molecule has 1 heterocycles. The van der Waals surface area contributed by atoms with Crippen LogP contribution >= 0.6 is 0 Å². The van der Waals surface area contributed by atoms with Crippen molar-refractivity contribution in [3.63, 3.8) is 0 Å². The van der Waals surface area contributed by atoms with E-state index in [4.69, 9.17) is 0 Å². The van der Waals surface area contributed by atoms with Crippen molar-refractivity contribution in [1.29, 1.82) is 0 Å². The summed E-state index contributed by atoms with van der Waals surface area (Å²) in [6.07, 6.45) is 0.374. The lowest BCUT2D eigenvalue weighted by Crippen LogP contribution is -2.17. The summed E-state index contributed by atoms with van der Waals surface area (Å²) in [6.45, 7) is 0.723. The number of para-hydroxylation sites is 1. The largest absolute Gasteiger partial charge is 0.366 e. The van der Waals surface area contributed by atoms with Crippen molar-refractivity contribution in [2.24, 2.45) is 0 Å². The van der Waals surface area contributed by atoms with Crippen LogP contribution in [0.2, 0.25) is 0 Å². The smallest absolute Gasteiger partial charge is 0.228 e. The van der Waals surface area contributed by atoms with E-state index in [9.17, 15) is 4.79 Å². The molecule has 0 spiro atoms. The summed E-state index contributed by atoms with van der Waals surface area (Å²) in [7, 11) is 0. The van der Waals surface area contributed by atoms with Gasteiger partial charge in [-0.1, -0.05) is 48.5 Å². The number of carbonyl (C=O) groups is 1. The summed E-state index contributed by atoms with van der Waals surface area (Å²) in [4.78, 5) is 14.5. The molecule has 0 bridgehead atoms. The zero-order chi connectivity index (χ0) is 17.1. The summed E-state index contributed by atoms with van der Waals surface area (Å²) in [5.74, 6) is -0.0108. The van der Waals surface area contributed by atoms with Crippen molar-refractivity contribution >= 4 is 28.7 Å². The van der Waals surface area contributed by atoms with Gasteiger partial charge in [0.1, 0.15) is 0 Å². The molecule has 0 saturated heterocycles. The van der Waals surface area contributed by atoms with Crippen LogP contribution in [0.1, 0.15) is 5.56 Å². The van der Waals surface area contributed by atoms with Gasteiger partial charge in [-0.3, -0.25) is 4.79 Å². The SMILES string of the molecule is O=C(Cc1ccccc1)Nc1ccc2c(c1)N(c1ccccc1)CN2. The average Bonchev–Trinajstić information content (AvgIpc) is 3.06. The summed E-state index contributed by atoms with van der Waals surface area (Å²) in [6, 6.07) is 26.0. The van der Waals surface area contributed by atoms with E-state index in [1.54, 1.807) is 0 Å². The highest BCUT2D eigenvalue weighted by molar-refractivity contribution is 5.94. The Labute approximate surface area is 147 Å². The van der Waals surface area contributed by atoms with Gasteiger partial charge in [0, 0.05) is 11.4 Å². The molecule has 4 nitrogen and oxygen atoms in total. The zero-order valence-electron chi connectivity index (χ0n) is 13.8. The number of amides is 1. The summed E-state index contributed by atoms with van der Waals surface area (Å²) in [5, 5.41) is 6.38. The molecule has 4 rings (SSSR count). The van der Waals surface area contributed by atoms with E-state index in [1.165, 1.54) is 0 Å². The number of hydrogen-bond acceptors (Lipinski definition) is 3. The molecule has 3 aromatic rings. The summed E-state index contributed by atoms with van der Waals surface area (Å²) >= 11 is 0. The maximum Gasteiger partial charge on any atom is 0.228 e. The number of carbonyl (C=O) groups excluding carboxylic acids is 1. The van der Waals surface area contributed by atoms with E-state index in [2.05, 4.69) is 27.7 Å². The predicted molar refractivity (Wildman–Crippen MR) is 102 cm³/mol. The highest BCUT2D eigenvalue weighted by Crippen LogP contribution is 2.38. The van der Waals surface area contributed by atoms with E-state index in [0.717, 1.165) is 35.0 Å². The second-order valence-electron chi connectivity index (χ2n) is 6.04. The molecule has 0 aliphatic carbocycles. The predicted octanol–water partition coefficient (Wildman–Crippen LogP) is 4.39. The molecule has 3 aromatic carbocycles. The van der Waals surface area contributed by atoms with Crippen LogP contribution in [0.4, 0.5) is 22.7 Å². The third kappa shape index (κ3) is 3.33. The van der Waals surface area contributed by atoms with Crippen LogP contribution < -0.4 is 15.5 Å².